The number of halogens is 2. The van der Waals surface area contributed by atoms with E-state index in [0.717, 1.165) is 27.2 Å². The lowest BCUT2D eigenvalue weighted by Crippen LogP contribution is -2.22. The van der Waals surface area contributed by atoms with Gasteiger partial charge in [-0.15, -0.1) is 0 Å². The number of benzene rings is 1. The number of pyridine rings is 1. The highest BCUT2D eigenvalue weighted by atomic mass is 79.9. The van der Waals surface area contributed by atoms with Crippen molar-refractivity contribution in [2.24, 2.45) is 0 Å². The number of methoxy groups -OCH3 is 1. The molecule has 2 aromatic heterocycles. The molecule has 0 aliphatic carbocycles. The van der Waals surface area contributed by atoms with Crippen molar-refractivity contribution in [2.45, 2.75) is 32.4 Å². The molecule has 3 aromatic rings. The van der Waals surface area contributed by atoms with Gasteiger partial charge in [0.15, 0.2) is 0 Å². The maximum Gasteiger partial charge on any atom is 0.143 e. The highest BCUT2D eigenvalue weighted by molar-refractivity contribution is 9.10. The summed E-state index contributed by atoms with van der Waals surface area (Å²) in [5.74, 6) is 0.299. The third kappa shape index (κ3) is 4.59. The summed E-state index contributed by atoms with van der Waals surface area (Å²) in [6, 6.07) is 9.49. The summed E-state index contributed by atoms with van der Waals surface area (Å²) in [6.07, 6.45) is 1.75. The highest BCUT2D eigenvalue weighted by Gasteiger charge is 2.18. The van der Waals surface area contributed by atoms with Crippen LogP contribution in [0.3, 0.4) is 0 Å². The summed E-state index contributed by atoms with van der Waals surface area (Å²) in [4.78, 5) is 4.52. The van der Waals surface area contributed by atoms with Crippen LogP contribution in [0.4, 0.5) is 4.39 Å². The summed E-state index contributed by atoms with van der Waals surface area (Å²) in [5.41, 5.74) is 2.28. The highest BCUT2D eigenvalue weighted by Crippen LogP contribution is 2.36. The van der Waals surface area contributed by atoms with Gasteiger partial charge < -0.3 is 14.0 Å². The van der Waals surface area contributed by atoms with E-state index in [1.54, 1.807) is 19.4 Å². The molecule has 4 nitrogen and oxygen atoms in total. The van der Waals surface area contributed by atoms with Gasteiger partial charge in [0.2, 0.25) is 0 Å². The molecule has 0 N–H and O–H groups in total. The standard InChI is InChI=1S/C20H24BrFN2O2Si/c1-25-19-6-5-14(22)11-16(19)18-12-15-17(21)7-8-23-20(15)24(18)13-26-9-10-27(2,3)4/h5-8,11-12H,9-10,13H2,1-4H3. The topological polar surface area (TPSA) is 36.3 Å². The average molecular weight is 451 g/mol. The van der Waals surface area contributed by atoms with E-state index < -0.39 is 8.07 Å². The second kappa shape index (κ2) is 8.12. The predicted octanol–water partition coefficient (Wildman–Crippen LogP) is 5.93. The molecule has 2 heterocycles. The van der Waals surface area contributed by atoms with Crippen molar-refractivity contribution in [3.05, 3.63) is 46.8 Å². The molecule has 0 spiro atoms. The van der Waals surface area contributed by atoms with E-state index in [9.17, 15) is 4.39 Å². The summed E-state index contributed by atoms with van der Waals surface area (Å²) in [6.45, 7) is 8.02. The van der Waals surface area contributed by atoms with Crippen molar-refractivity contribution < 1.29 is 13.9 Å². The Kier molecular flexibility index (Phi) is 6.03. The first-order chi connectivity index (χ1) is 12.8. The summed E-state index contributed by atoms with van der Waals surface area (Å²) in [7, 11) is 0.417. The van der Waals surface area contributed by atoms with Crippen LogP contribution in [0.25, 0.3) is 22.3 Å². The third-order valence-electron chi connectivity index (χ3n) is 4.40. The van der Waals surface area contributed by atoms with Crippen molar-refractivity contribution in [2.75, 3.05) is 13.7 Å². The summed E-state index contributed by atoms with van der Waals surface area (Å²) >= 11 is 3.58. The minimum atomic E-state index is -1.17. The fourth-order valence-corrected chi connectivity index (χ4v) is 4.05. The Morgan fingerprint density at radius 2 is 1.96 bits per heavy atom. The second-order valence-electron chi connectivity index (χ2n) is 7.68. The monoisotopic (exact) mass is 450 g/mol. The zero-order chi connectivity index (χ0) is 19.6. The first-order valence-electron chi connectivity index (χ1n) is 8.85. The van der Waals surface area contributed by atoms with Gasteiger partial charge in [0.25, 0.3) is 0 Å². The maximum atomic E-state index is 14.0. The smallest absolute Gasteiger partial charge is 0.143 e. The largest absolute Gasteiger partial charge is 0.496 e. The molecule has 0 saturated heterocycles. The molecule has 0 bridgehead atoms. The van der Waals surface area contributed by atoms with Crippen LogP contribution in [0.1, 0.15) is 0 Å². The Morgan fingerprint density at radius 1 is 1.19 bits per heavy atom. The van der Waals surface area contributed by atoms with E-state index in [4.69, 9.17) is 9.47 Å². The van der Waals surface area contributed by atoms with Gasteiger partial charge in [0, 0.05) is 36.3 Å². The minimum absolute atomic E-state index is 0.311. The SMILES string of the molecule is COc1ccc(F)cc1-c1cc2c(Br)ccnc2n1COCC[Si](C)(C)C. The lowest BCUT2D eigenvalue weighted by atomic mass is 10.1. The normalized spacial score (nSPS) is 11.9. The van der Waals surface area contributed by atoms with Crippen LogP contribution in [0, 0.1) is 5.82 Å². The fraction of sp³-hybridized carbons (Fsp3) is 0.350. The Morgan fingerprint density at radius 3 is 2.67 bits per heavy atom. The minimum Gasteiger partial charge on any atom is -0.496 e. The molecule has 0 saturated carbocycles. The van der Waals surface area contributed by atoms with E-state index in [2.05, 4.69) is 40.6 Å². The molecule has 0 unspecified atom stereocenters. The Balaban J connectivity index is 2.04. The molecular weight excluding hydrogens is 427 g/mol. The molecular formula is C20H24BrFN2O2Si. The average Bonchev–Trinajstić information content (AvgIpc) is 2.98. The van der Waals surface area contributed by atoms with E-state index in [1.165, 1.54) is 12.1 Å². The lowest BCUT2D eigenvalue weighted by Gasteiger charge is -2.17. The van der Waals surface area contributed by atoms with Crippen LogP contribution in [-0.4, -0.2) is 31.3 Å². The van der Waals surface area contributed by atoms with Gasteiger partial charge in [0.05, 0.1) is 12.8 Å². The molecule has 7 heteroatoms. The van der Waals surface area contributed by atoms with E-state index in [0.29, 0.717) is 24.7 Å². The number of aromatic nitrogens is 2. The number of nitrogens with zero attached hydrogens (tertiary/aromatic N) is 2. The number of hydrogen-bond acceptors (Lipinski definition) is 3. The van der Waals surface area contributed by atoms with Gasteiger partial charge >= 0.3 is 0 Å². The molecule has 0 fully saturated rings. The number of rotatable bonds is 7. The molecule has 0 amide bonds. The number of fused-ring (bicyclic) bond motifs is 1. The van der Waals surface area contributed by atoms with Gasteiger partial charge in [-0.1, -0.05) is 19.6 Å². The van der Waals surface area contributed by atoms with Crippen LogP contribution in [-0.2, 0) is 11.5 Å². The third-order valence-corrected chi connectivity index (χ3v) is 6.79. The van der Waals surface area contributed by atoms with Gasteiger partial charge in [0.1, 0.15) is 23.9 Å². The van der Waals surface area contributed by atoms with Crippen molar-refractivity contribution in [3.63, 3.8) is 0 Å². The first kappa shape index (κ1) is 20.0. The lowest BCUT2D eigenvalue weighted by molar-refractivity contribution is 0.0909. The summed E-state index contributed by atoms with van der Waals surface area (Å²) in [5, 5.41) is 0.951. The Labute approximate surface area is 168 Å². The molecule has 3 rings (SSSR count). The van der Waals surface area contributed by atoms with E-state index in [-0.39, 0.29) is 5.82 Å². The van der Waals surface area contributed by atoms with Crippen molar-refractivity contribution in [3.8, 4) is 17.0 Å². The summed E-state index contributed by atoms with van der Waals surface area (Å²) < 4.78 is 28.3. The zero-order valence-electron chi connectivity index (χ0n) is 16.1. The Hall–Kier alpha value is -1.70. The van der Waals surface area contributed by atoms with Gasteiger partial charge in [-0.2, -0.15) is 0 Å². The van der Waals surface area contributed by atoms with Gasteiger partial charge in [-0.25, -0.2) is 9.37 Å². The van der Waals surface area contributed by atoms with Gasteiger partial charge in [-0.05, 0) is 52.3 Å². The van der Waals surface area contributed by atoms with Crippen LogP contribution < -0.4 is 4.74 Å². The molecule has 1 aromatic carbocycles. The number of hydrogen-bond donors (Lipinski definition) is 0. The molecule has 0 radical (unpaired) electrons. The first-order valence-corrected chi connectivity index (χ1v) is 13.4. The Bertz CT molecular complexity index is 953. The quantitative estimate of drug-likeness (QED) is 0.330. The van der Waals surface area contributed by atoms with Crippen LogP contribution in [0.15, 0.2) is 41.0 Å². The second-order valence-corrected chi connectivity index (χ2v) is 14.2. The molecule has 0 aliphatic heterocycles. The van der Waals surface area contributed by atoms with Crippen molar-refractivity contribution in [1.82, 2.24) is 9.55 Å². The van der Waals surface area contributed by atoms with Crippen LogP contribution in [0.5, 0.6) is 5.75 Å². The van der Waals surface area contributed by atoms with Gasteiger partial charge in [-0.3, -0.25) is 0 Å². The number of ether oxygens (including phenoxy) is 2. The maximum absolute atomic E-state index is 14.0. The van der Waals surface area contributed by atoms with E-state index in [1.807, 2.05) is 16.7 Å². The molecule has 27 heavy (non-hydrogen) atoms. The predicted molar refractivity (Wildman–Crippen MR) is 113 cm³/mol. The molecule has 0 aliphatic rings. The van der Waals surface area contributed by atoms with Crippen LogP contribution >= 0.6 is 15.9 Å². The van der Waals surface area contributed by atoms with Crippen molar-refractivity contribution >= 4 is 35.0 Å². The molecule has 0 atom stereocenters. The van der Waals surface area contributed by atoms with E-state index >= 15 is 0 Å². The fourth-order valence-electron chi connectivity index (χ4n) is 2.89. The molecule has 144 valence electrons. The van der Waals surface area contributed by atoms with Crippen LogP contribution in [0.2, 0.25) is 25.7 Å². The van der Waals surface area contributed by atoms with Crippen molar-refractivity contribution in [1.29, 1.82) is 0 Å². The zero-order valence-corrected chi connectivity index (χ0v) is 18.6.